The Bertz CT molecular complexity index is 1130. The number of rotatable bonds is 5. The van der Waals surface area contributed by atoms with Crippen molar-refractivity contribution in [2.45, 2.75) is 30.2 Å². The van der Waals surface area contributed by atoms with Crippen LogP contribution in [-0.4, -0.2) is 25.6 Å². The number of hydrogen-bond donors (Lipinski definition) is 1. The molecule has 5 nitrogen and oxygen atoms in total. The minimum atomic E-state index is -3.22. The van der Waals surface area contributed by atoms with E-state index in [0.29, 0.717) is 13.0 Å². The molecule has 4 rings (SSSR count). The first-order chi connectivity index (χ1) is 13.9. The molecule has 0 saturated carbocycles. The van der Waals surface area contributed by atoms with Crippen molar-refractivity contribution in [3.05, 3.63) is 71.3 Å². The molecule has 2 aromatic carbocycles. The molecule has 2 unspecified atom stereocenters. The van der Waals surface area contributed by atoms with Crippen molar-refractivity contribution in [3.8, 4) is 0 Å². The molecule has 1 amide bonds. The van der Waals surface area contributed by atoms with Crippen LogP contribution in [0.1, 0.15) is 29.3 Å². The summed E-state index contributed by atoms with van der Waals surface area (Å²) >= 11 is 1.66. The van der Waals surface area contributed by atoms with Gasteiger partial charge in [0.2, 0.25) is 5.91 Å². The minimum Gasteiger partial charge on any atom is -0.352 e. The molecule has 0 fully saturated rings. The van der Waals surface area contributed by atoms with Gasteiger partial charge in [-0.2, -0.15) is 0 Å². The molecule has 0 radical (unpaired) electrons. The average Bonchev–Trinajstić information content (AvgIpc) is 3.16. The third kappa shape index (κ3) is 4.41. The quantitative estimate of drug-likeness (QED) is 0.624. The molecule has 1 N–H and O–H groups in total. The van der Waals surface area contributed by atoms with Crippen LogP contribution >= 0.6 is 11.3 Å². The molecule has 150 valence electrons. The van der Waals surface area contributed by atoms with Crippen LogP contribution in [0.15, 0.2) is 65.6 Å². The van der Waals surface area contributed by atoms with E-state index in [9.17, 15) is 13.2 Å². The van der Waals surface area contributed by atoms with Gasteiger partial charge in [-0.1, -0.05) is 36.4 Å². The van der Waals surface area contributed by atoms with Crippen molar-refractivity contribution < 1.29 is 13.2 Å². The second-order valence-corrected chi connectivity index (χ2v) is 10.4. The first-order valence-electron chi connectivity index (χ1n) is 9.49. The van der Waals surface area contributed by atoms with Gasteiger partial charge in [-0.3, -0.25) is 4.79 Å². The molecule has 0 bridgehead atoms. The van der Waals surface area contributed by atoms with Crippen molar-refractivity contribution in [2.75, 3.05) is 6.26 Å². The summed E-state index contributed by atoms with van der Waals surface area (Å²) in [5.41, 5.74) is 1.85. The Morgan fingerprint density at radius 2 is 1.83 bits per heavy atom. The van der Waals surface area contributed by atoms with Gasteiger partial charge in [0, 0.05) is 18.7 Å². The Kier molecular flexibility index (Phi) is 5.52. The van der Waals surface area contributed by atoms with Gasteiger partial charge in [-0.25, -0.2) is 13.4 Å². The fourth-order valence-corrected chi connectivity index (χ4v) is 5.38. The predicted octanol–water partition coefficient (Wildman–Crippen LogP) is 4.07. The molecule has 1 aliphatic carbocycles. The first kappa shape index (κ1) is 19.8. The number of hydrogen-bond acceptors (Lipinski definition) is 5. The smallest absolute Gasteiger partial charge is 0.224 e. The second-order valence-electron chi connectivity index (χ2n) is 7.31. The summed E-state index contributed by atoms with van der Waals surface area (Å²) in [6.07, 6.45) is 6.88. The van der Waals surface area contributed by atoms with E-state index in [1.54, 1.807) is 35.6 Å². The molecule has 0 saturated heterocycles. The van der Waals surface area contributed by atoms with Crippen molar-refractivity contribution in [1.29, 1.82) is 0 Å². The lowest BCUT2D eigenvalue weighted by atomic mass is 9.82. The lowest BCUT2D eigenvalue weighted by Crippen LogP contribution is -2.34. The SMILES string of the molecule is CS(=O)(=O)c1ccc(CNC(=O)C2CC=CCC2c2nc3ccccc3s2)cc1. The molecule has 1 aromatic heterocycles. The lowest BCUT2D eigenvalue weighted by Gasteiger charge is -2.26. The Labute approximate surface area is 174 Å². The van der Waals surface area contributed by atoms with Gasteiger partial charge in [0.25, 0.3) is 0 Å². The fourth-order valence-electron chi connectivity index (χ4n) is 3.60. The number of thiazole rings is 1. The van der Waals surface area contributed by atoms with Crippen LogP contribution in [0.3, 0.4) is 0 Å². The second kappa shape index (κ2) is 8.08. The summed E-state index contributed by atoms with van der Waals surface area (Å²) in [5.74, 6) is -0.0772. The van der Waals surface area contributed by atoms with Gasteiger partial charge >= 0.3 is 0 Å². The maximum Gasteiger partial charge on any atom is 0.224 e. The highest BCUT2D eigenvalue weighted by Gasteiger charge is 2.32. The zero-order valence-corrected chi connectivity index (χ0v) is 17.7. The van der Waals surface area contributed by atoms with E-state index in [1.165, 1.54) is 6.26 Å². The third-order valence-corrected chi connectivity index (χ3v) is 7.51. The molecule has 3 aromatic rings. The third-order valence-electron chi connectivity index (χ3n) is 5.22. The largest absolute Gasteiger partial charge is 0.352 e. The van der Waals surface area contributed by atoms with Gasteiger partial charge in [0.15, 0.2) is 9.84 Å². The standard InChI is InChI=1S/C22H22N2O3S2/c1-29(26,27)16-12-10-15(11-13-16)14-23-21(25)17-6-2-3-7-18(17)22-24-19-8-4-5-9-20(19)28-22/h2-5,8-13,17-18H,6-7,14H2,1H3,(H,23,25). The van der Waals surface area contributed by atoms with Crippen molar-refractivity contribution in [2.24, 2.45) is 5.92 Å². The summed E-state index contributed by atoms with van der Waals surface area (Å²) < 4.78 is 24.3. The Morgan fingerprint density at radius 1 is 1.10 bits per heavy atom. The summed E-state index contributed by atoms with van der Waals surface area (Å²) in [7, 11) is -3.22. The van der Waals surface area contributed by atoms with Gasteiger partial charge in [-0.05, 0) is 42.7 Å². The van der Waals surface area contributed by atoms with E-state index in [2.05, 4.69) is 23.5 Å². The van der Waals surface area contributed by atoms with E-state index < -0.39 is 9.84 Å². The van der Waals surface area contributed by atoms with Crippen molar-refractivity contribution in [3.63, 3.8) is 0 Å². The number of fused-ring (bicyclic) bond motifs is 1. The van der Waals surface area contributed by atoms with E-state index >= 15 is 0 Å². The number of carbonyl (C=O) groups is 1. The van der Waals surface area contributed by atoms with E-state index in [0.717, 1.165) is 27.2 Å². The first-order valence-corrected chi connectivity index (χ1v) is 12.2. The highest BCUT2D eigenvalue weighted by molar-refractivity contribution is 7.90. The van der Waals surface area contributed by atoms with Gasteiger partial charge in [0.1, 0.15) is 0 Å². The molecule has 1 heterocycles. The molecule has 29 heavy (non-hydrogen) atoms. The molecule has 0 spiro atoms. The number of amides is 1. The number of aromatic nitrogens is 1. The number of benzene rings is 2. The van der Waals surface area contributed by atoms with Crippen LogP contribution in [0, 0.1) is 5.92 Å². The number of allylic oxidation sites excluding steroid dienone is 2. The average molecular weight is 427 g/mol. The molecule has 7 heteroatoms. The Hall–Kier alpha value is -2.51. The van der Waals surface area contributed by atoms with Crippen molar-refractivity contribution >= 4 is 37.3 Å². The maximum atomic E-state index is 12.9. The van der Waals surface area contributed by atoms with Crippen LogP contribution < -0.4 is 5.32 Å². The number of sulfone groups is 1. The minimum absolute atomic E-state index is 0.00537. The summed E-state index contributed by atoms with van der Waals surface area (Å²) in [4.78, 5) is 18.0. The predicted molar refractivity (Wildman–Crippen MR) is 116 cm³/mol. The number of para-hydroxylation sites is 1. The zero-order valence-electron chi connectivity index (χ0n) is 16.0. The maximum absolute atomic E-state index is 12.9. The van der Waals surface area contributed by atoms with Crippen LogP contribution in [0.4, 0.5) is 0 Å². The lowest BCUT2D eigenvalue weighted by molar-refractivity contribution is -0.125. The summed E-state index contributed by atoms with van der Waals surface area (Å²) in [6, 6.07) is 14.7. The number of nitrogens with zero attached hydrogens (tertiary/aromatic N) is 1. The molecule has 1 aliphatic rings. The highest BCUT2D eigenvalue weighted by atomic mass is 32.2. The molecular weight excluding hydrogens is 404 g/mol. The van der Waals surface area contributed by atoms with Crippen LogP contribution in [0.2, 0.25) is 0 Å². The molecular formula is C22H22N2O3S2. The van der Waals surface area contributed by atoms with Gasteiger partial charge < -0.3 is 5.32 Å². The monoisotopic (exact) mass is 426 g/mol. The topological polar surface area (TPSA) is 76.1 Å². The molecule has 2 atom stereocenters. The van der Waals surface area contributed by atoms with Crippen LogP contribution in [0.5, 0.6) is 0 Å². The number of carbonyl (C=O) groups excluding carboxylic acids is 1. The normalized spacial score (nSPS) is 19.3. The fraction of sp³-hybridized carbons (Fsp3) is 0.273. The van der Waals surface area contributed by atoms with Gasteiger partial charge in [0.05, 0.1) is 26.0 Å². The zero-order chi connectivity index (χ0) is 20.4. The number of nitrogens with one attached hydrogen (secondary N) is 1. The van der Waals surface area contributed by atoms with E-state index in [4.69, 9.17) is 4.98 Å². The summed E-state index contributed by atoms with van der Waals surface area (Å²) in [5, 5.41) is 4.02. The van der Waals surface area contributed by atoms with Crippen LogP contribution in [-0.2, 0) is 21.2 Å². The van der Waals surface area contributed by atoms with Crippen LogP contribution in [0.25, 0.3) is 10.2 Å². The summed E-state index contributed by atoms with van der Waals surface area (Å²) in [6.45, 7) is 0.371. The molecule has 0 aliphatic heterocycles. The van der Waals surface area contributed by atoms with Gasteiger partial charge in [-0.15, -0.1) is 11.3 Å². The Morgan fingerprint density at radius 3 is 2.55 bits per heavy atom. The van der Waals surface area contributed by atoms with E-state index in [-0.39, 0.29) is 22.6 Å². The van der Waals surface area contributed by atoms with Crippen molar-refractivity contribution in [1.82, 2.24) is 10.3 Å². The highest BCUT2D eigenvalue weighted by Crippen LogP contribution is 2.38. The Balaban J connectivity index is 1.47. The van der Waals surface area contributed by atoms with E-state index in [1.807, 2.05) is 18.2 Å².